The van der Waals surface area contributed by atoms with Gasteiger partial charge in [-0.15, -0.1) is 11.3 Å². The molecule has 0 atom stereocenters. The molecule has 0 saturated carbocycles. The molecule has 5 aromatic rings. The molecule has 2 aromatic heterocycles. The molecule has 3 aromatic carbocycles. The molecule has 0 aliphatic rings. The predicted molar refractivity (Wildman–Crippen MR) is 138 cm³/mol. The van der Waals surface area contributed by atoms with Crippen molar-refractivity contribution in [3.8, 4) is 0 Å². The van der Waals surface area contributed by atoms with Gasteiger partial charge in [0.25, 0.3) is 0 Å². The second kappa shape index (κ2) is 9.43. The van der Waals surface area contributed by atoms with Crippen LogP contribution in [0.5, 0.6) is 0 Å². The molecule has 2 heterocycles. The number of carbonyl (C=O) groups is 1. The van der Waals surface area contributed by atoms with Gasteiger partial charge in [0.2, 0.25) is 5.91 Å². The Morgan fingerprint density at radius 3 is 2.64 bits per heavy atom. The van der Waals surface area contributed by atoms with Crippen LogP contribution >= 0.6 is 34.3 Å². The van der Waals surface area contributed by atoms with Crippen LogP contribution in [0.2, 0.25) is 5.02 Å². The average molecular weight is 490 g/mol. The molecule has 164 valence electrons. The maximum absolute atomic E-state index is 13.6. The first-order valence-corrected chi connectivity index (χ1v) is 12.6. The van der Waals surface area contributed by atoms with Crippen molar-refractivity contribution in [2.45, 2.75) is 19.8 Å². The number of amides is 1. The van der Waals surface area contributed by atoms with Crippen LogP contribution in [0.3, 0.4) is 0 Å². The molecule has 1 amide bonds. The van der Waals surface area contributed by atoms with Gasteiger partial charge in [0.1, 0.15) is 0 Å². The molecule has 0 bridgehead atoms. The minimum Gasteiger partial charge on any atom is -0.274 e. The molecular formula is C26H20ClN3OS2. The lowest BCUT2D eigenvalue weighted by Gasteiger charge is -2.21. The van der Waals surface area contributed by atoms with Gasteiger partial charge < -0.3 is 0 Å². The number of hydrogen-bond acceptors (Lipinski definition) is 5. The zero-order valence-electron chi connectivity index (χ0n) is 17.9. The Balaban J connectivity index is 1.43. The fourth-order valence-corrected chi connectivity index (χ4v) is 5.72. The summed E-state index contributed by atoms with van der Waals surface area (Å²) in [4.78, 5) is 24.8. The fraction of sp³-hybridized carbons (Fsp3) is 0.115. The van der Waals surface area contributed by atoms with Gasteiger partial charge in [0, 0.05) is 16.8 Å². The van der Waals surface area contributed by atoms with Gasteiger partial charge in [0.05, 0.1) is 33.0 Å². The number of aryl methyl sites for hydroxylation is 1. The number of fused-ring (bicyclic) bond motifs is 1. The fourth-order valence-electron chi connectivity index (χ4n) is 3.68. The van der Waals surface area contributed by atoms with Crippen LogP contribution in [0.1, 0.15) is 21.8 Å². The first-order valence-electron chi connectivity index (χ1n) is 10.5. The van der Waals surface area contributed by atoms with Gasteiger partial charge in [-0.05, 0) is 48.4 Å². The quantitative estimate of drug-likeness (QED) is 0.253. The lowest BCUT2D eigenvalue weighted by Crippen LogP contribution is -2.28. The molecule has 0 aliphatic heterocycles. The van der Waals surface area contributed by atoms with Crippen molar-refractivity contribution in [2.24, 2.45) is 0 Å². The van der Waals surface area contributed by atoms with E-state index in [-0.39, 0.29) is 12.3 Å². The monoisotopic (exact) mass is 489 g/mol. The Bertz CT molecular complexity index is 1410. The van der Waals surface area contributed by atoms with Crippen LogP contribution < -0.4 is 4.90 Å². The van der Waals surface area contributed by atoms with E-state index >= 15 is 0 Å². The normalized spacial score (nSPS) is 11.1. The molecule has 5 rings (SSSR count). The van der Waals surface area contributed by atoms with Crippen molar-refractivity contribution in [1.82, 2.24) is 9.97 Å². The maximum Gasteiger partial charge on any atom is 0.239 e. The average Bonchev–Trinajstić information content (AvgIpc) is 3.42. The maximum atomic E-state index is 13.6. The molecule has 33 heavy (non-hydrogen) atoms. The Hall–Kier alpha value is -3.06. The highest BCUT2D eigenvalue weighted by molar-refractivity contribution is 7.22. The minimum absolute atomic E-state index is 0.0528. The zero-order valence-corrected chi connectivity index (χ0v) is 20.3. The van der Waals surface area contributed by atoms with Crippen LogP contribution in [0.4, 0.5) is 10.8 Å². The summed E-state index contributed by atoms with van der Waals surface area (Å²) in [7, 11) is 0. The third-order valence-electron chi connectivity index (χ3n) is 5.26. The molecule has 0 aliphatic carbocycles. The molecule has 4 nitrogen and oxygen atoms in total. The van der Waals surface area contributed by atoms with Crippen molar-refractivity contribution in [2.75, 3.05) is 4.90 Å². The first-order chi connectivity index (χ1) is 16.1. The molecular weight excluding hydrogens is 470 g/mol. The molecule has 0 N–H and O–H groups in total. The Labute approximate surface area is 205 Å². The number of rotatable bonds is 6. The molecule has 7 heteroatoms. The second-order valence-corrected chi connectivity index (χ2v) is 10.1. The molecule has 0 unspecified atom stereocenters. The van der Waals surface area contributed by atoms with E-state index in [1.165, 1.54) is 11.3 Å². The van der Waals surface area contributed by atoms with Crippen molar-refractivity contribution < 1.29 is 4.79 Å². The number of anilines is 2. The summed E-state index contributed by atoms with van der Waals surface area (Å²) in [5.74, 6) is -0.0528. The molecule has 0 saturated heterocycles. The van der Waals surface area contributed by atoms with Crippen molar-refractivity contribution >= 4 is 61.2 Å². The summed E-state index contributed by atoms with van der Waals surface area (Å²) in [6, 6.07) is 23.6. The smallest absolute Gasteiger partial charge is 0.239 e. The standard InChI is InChI=1S/C26H20ClN3OS2/c1-17-7-2-4-11-22(17)30(26-29-21-10-3-5-12-23(21)33-26)25(31)15-20-16-32-24(28-20)14-18-8-6-9-19(27)13-18/h2-13,16H,14-15H2,1H3. The predicted octanol–water partition coefficient (Wildman–Crippen LogP) is 7.21. The van der Waals surface area contributed by atoms with Crippen LogP contribution in [0.15, 0.2) is 78.2 Å². The summed E-state index contributed by atoms with van der Waals surface area (Å²) in [5, 5.41) is 4.31. The number of benzene rings is 3. The highest BCUT2D eigenvalue weighted by Gasteiger charge is 2.24. The van der Waals surface area contributed by atoms with Gasteiger partial charge in [-0.3, -0.25) is 9.69 Å². The van der Waals surface area contributed by atoms with E-state index < -0.39 is 0 Å². The van der Waals surface area contributed by atoms with Crippen LogP contribution in [0.25, 0.3) is 10.2 Å². The summed E-state index contributed by atoms with van der Waals surface area (Å²) < 4.78 is 1.05. The Kier molecular flexibility index (Phi) is 6.22. The summed E-state index contributed by atoms with van der Waals surface area (Å²) in [5.41, 5.74) is 4.62. The third-order valence-corrected chi connectivity index (χ3v) is 7.41. The summed E-state index contributed by atoms with van der Waals surface area (Å²) >= 11 is 9.19. The highest BCUT2D eigenvalue weighted by atomic mass is 35.5. The van der Waals surface area contributed by atoms with Gasteiger partial charge >= 0.3 is 0 Å². The lowest BCUT2D eigenvalue weighted by atomic mass is 10.1. The molecule has 0 fully saturated rings. The number of hydrogen-bond donors (Lipinski definition) is 0. The number of thiazole rings is 2. The van der Waals surface area contributed by atoms with Gasteiger partial charge in [0.15, 0.2) is 5.13 Å². The minimum atomic E-state index is -0.0528. The van der Waals surface area contributed by atoms with Crippen LogP contribution in [-0.2, 0) is 17.6 Å². The largest absolute Gasteiger partial charge is 0.274 e. The molecule has 0 radical (unpaired) electrons. The second-order valence-electron chi connectivity index (χ2n) is 7.70. The van der Waals surface area contributed by atoms with Crippen LogP contribution in [-0.4, -0.2) is 15.9 Å². The van der Waals surface area contributed by atoms with E-state index in [0.717, 1.165) is 37.7 Å². The van der Waals surface area contributed by atoms with Gasteiger partial charge in [-0.1, -0.05) is 65.4 Å². The van der Waals surface area contributed by atoms with E-state index in [1.54, 1.807) is 16.2 Å². The lowest BCUT2D eigenvalue weighted by molar-refractivity contribution is -0.117. The van der Waals surface area contributed by atoms with Crippen molar-refractivity contribution in [3.63, 3.8) is 0 Å². The number of carbonyl (C=O) groups excluding carboxylic acids is 1. The molecule has 0 spiro atoms. The summed E-state index contributed by atoms with van der Waals surface area (Å²) in [6.45, 7) is 2.01. The van der Waals surface area contributed by atoms with E-state index in [2.05, 4.69) is 0 Å². The van der Waals surface area contributed by atoms with E-state index in [4.69, 9.17) is 21.6 Å². The highest BCUT2D eigenvalue weighted by Crippen LogP contribution is 2.35. The first kappa shape index (κ1) is 21.8. The topological polar surface area (TPSA) is 46.1 Å². The third kappa shape index (κ3) is 4.83. The van der Waals surface area contributed by atoms with Crippen molar-refractivity contribution in [1.29, 1.82) is 0 Å². The van der Waals surface area contributed by atoms with E-state index in [0.29, 0.717) is 16.6 Å². The number of nitrogens with zero attached hydrogens (tertiary/aromatic N) is 3. The van der Waals surface area contributed by atoms with Gasteiger partial charge in [-0.2, -0.15) is 0 Å². The summed E-state index contributed by atoms with van der Waals surface area (Å²) in [6.07, 6.45) is 0.898. The SMILES string of the molecule is Cc1ccccc1N(C(=O)Cc1csc(Cc2cccc(Cl)c2)n1)c1nc2ccccc2s1. The van der Waals surface area contributed by atoms with E-state index in [9.17, 15) is 4.79 Å². The van der Waals surface area contributed by atoms with Gasteiger partial charge in [-0.25, -0.2) is 9.97 Å². The Morgan fingerprint density at radius 1 is 1.00 bits per heavy atom. The number of para-hydroxylation sites is 2. The van der Waals surface area contributed by atoms with Crippen LogP contribution in [0, 0.1) is 6.92 Å². The number of halogens is 1. The van der Waals surface area contributed by atoms with E-state index in [1.807, 2.05) is 85.1 Å². The Morgan fingerprint density at radius 2 is 1.82 bits per heavy atom. The zero-order chi connectivity index (χ0) is 22.8. The number of aromatic nitrogens is 2. The van der Waals surface area contributed by atoms with Crippen molar-refractivity contribution in [3.05, 3.63) is 105 Å².